The average molecular weight is 519 g/mol. The lowest BCUT2D eigenvalue weighted by atomic mass is 9.99. The summed E-state index contributed by atoms with van der Waals surface area (Å²) >= 11 is 0. The number of hydrogen-bond acceptors (Lipinski definition) is 6. The third-order valence-corrected chi connectivity index (χ3v) is 4.99. The third-order valence-electron chi connectivity index (χ3n) is 4.99. The Kier molecular flexibility index (Phi) is 9.31. The van der Waals surface area contributed by atoms with E-state index in [1.165, 1.54) is 32.2 Å². The van der Waals surface area contributed by atoms with Gasteiger partial charge in [-0.2, -0.15) is 4.39 Å². The number of carbonyl (C=O) groups excluding carboxylic acids is 2. The van der Waals surface area contributed by atoms with Gasteiger partial charge >= 0.3 is 11.9 Å². The molecule has 8 heteroatoms. The number of hydrogen-bond donors (Lipinski definition) is 0. The Morgan fingerprint density at radius 1 is 0.632 bits per heavy atom. The number of carbonyl (C=O) groups is 2. The van der Waals surface area contributed by atoms with Gasteiger partial charge in [0.15, 0.2) is 11.6 Å². The van der Waals surface area contributed by atoms with Crippen molar-refractivity contribution in [2.45, 2.75) is 13.8 Å². The molecule has 0 aromatic heterocycles. The molecule has 0 saturated carbocycles. The van der Waals surface area contributed by atoms with Crippen molar-refractivity contribution in [3.63, 3.8) is 0 Å². The van der Waals surface area contributed by atoms with E-state index >= 15 is 0 Å². The summed E-state index contributed by atoms with van der Waals surface area (Å²) in [6.07, 6.45) is 4.21. The maximum atomic E-state index is 14.7. The van der Waals surface area contributed by atoms with Crippen LogP contribution in [-0.4, -0.2) is 11.9 Å². The molecule has 3 aromatic carbocycles. The van der Waals surface area contributed by atoms with Gasteiger partial charge in [0.2, 0.25) is 5.82 Å². The van der Waals surface area contributed by atoms with Crippen molar-refractivity contribution in [3.8, 4) is 33.8 Å². The van der Waals surface area contributed by atoms with E-state index in [1.807, 2.05) is 12.1 Å². The summed E-state index contributed by atoms with van der Waals surface area (Å²) in [5, 5.41) is 0. The Balaban J connectivity index is 1.65. The molecule has 0 saturated heterocycles. The van der Waals surface area contributed by atoms with Gasteiger partial charge in [0.25, 0.3) is 0 Å². The van der Waals surface area contributed by atoms with E-state index in [1.54, 1.807) is 36.4 Å². The zero-order valence-electron chi connectivity index (χ0n) is 20.7. The lowest BCUT2D eigenvalue weighted by Gasteiger charge is -2.09. The van der Waals surface area contributed by atoms with Crippen molar-refractivity contribution in [2.75, 3.05) is 0 Å². The van der Waals surface area contributed by atoms with Crippen molar-refractivity contribution < 1.29 is 37.3 Å². The summed E-state index contributed by atoms with van der Waals surface area (Å²) < 4.78 is 49.2. The topological polar surface area (TPSA) is 71.1 Å². The van der Waals surface area contributed by atoms with Gasteiger partial charge in [-0.15, -0.1) is 0 Å². The molecule has 0 radical (unpaired) electrons. The van der Waals surface area contributed by atoms with Crippen molar-refractivity contribution in [3.05, 3.63) is 122 Å². The predicted molar refractivity (Wildman–Crippen MR) is 139 cm³/mol. The van der Waals surface area contributed by atoms with E-state index in [-0.39, 0.29) is 22.5 Å². The van der Waals surface area contributed by atoms with Crippen LogP contribution in [0.1, 0.15) is 13.8 Å². The summed E-state index contributed by atoms with van der Waals surface area (Å²) in [4.78, 5) is 22.6. The van der Waals surface area contributed by atoms with Crippen LogP contribution in [0.25, 0.3) is 22.3 Å². The summed E-state index contributed by atoms with van der Waals surface area (Å²) in [7, 11) is 0. The van der Waals surface area contributed by atoms with E-state index in [0.29, 0.717) is 11.3 Å². The van der Waals surface area contributed by atoms with Crippen LogP contribution in [0.2, 0.25) is 0 Å². The van der Waals surface area contributed by atoms with E-state index < -0.39 is 23.6 Å². The second-order valence-corrected chi connectivity index (χ2v) is 7.99. The fourth-order valence-corrected chi connectivity index (χ4v) is 3.00. The first-order chi connectivity index (χ1) is 18.2. The Bertz CT molecular complexity index is 1400. The zero-order chi connectivity index (χ0) is 27.7. The first-order valence-corrected chi connectivity index (χ1v) is 11.2. The van der Waals surface area contributed by atoms with E-state index in [0.717, 1.165) is 29.9 Å². The van der Waals surface area contributed by atoms with Crippen LogP contribution < -0.4 is 9.47 Å². The standard InChI is InChI=1S/C30H24F2O6/c1-19(2)29(33)37-17-15-35-24-11-9-22(10-12-24)21-5-7-23(8-6-21)25-13-14-26(28(32)27(25)31)36-16-18-38-30(34)20(3)4/h5-18H,1,3H2,2,4H3/b17-15-,18-16-. The Morgan fingerprint density at radius 2 is 1.11 bits per heavy atom. The fraction of sp³-hybridized carbons (Fsp3) is 0.0667. The van der Waals surface area contributed by atoms with Crippen LogP contribution in [0.5, 0.6) is 11.5 Å². The largest absolute Gasteiger partial charge is 0.462 e. The van der Waals surface area contributed by atoms with Crippen LogP contribution in [0.3, 0.4) is 0 Å². The minimum Gasteiger partial charge on any atom is -0.462 e. The number of halogens is 2. The minimum atomic E-state index is -1.18. The van der Waals surface area contributed by atoms with Crippen molar-refractivity contribution in [1.82, 2.24) is 0 Å². The monoisotopic (exact) mass is 518 g/mol. The van der Waals surface area contributed by atoms with Gasteiger partial charge in [-0.25, -0.2) is 14.0 Å². The highest BCUT2D eigenvalue weighted by molar-refractivity contribution is 5.87. The zero-order valence-corrected chi connectivity index (χ0v) is 20.7. The molecule has 0 atom stereocenters. The molecule has 38 heavy (non-hydrogen) atoms. The smallest absolute Gasteiger partial charge is 0.338 e. The van der Waals surface area contributed by atoms with Gasteiger partial charge in [0, 0.05) is 16.7 Å². The second kappa shape index (κ2) is 12.8. The predicted octanol–water partition coefficient (Wildman–Crippen LogP) is 7.24. The van der Waals surface area contributed by atoms with Crippen molar-refractivity contribution in [2.24, 2.45) is 0 Å². The highest BCUT2D eigenvalue weighted by atomic mass is 19.2. The number of rotatable bonds is 10. The quantitative estimate of drug-likeness (QED) is 0.160. The summed E-state index contributed by atoms with van der Waals surface area (Å²) in [6.45, 7) is 9.91. The molecule has 0 fully saturated rings. The van der Waals surface area contributed by atoms with Gasteiger partial charge in [0.1, 0.15) is 30.8 Å². The van der Waals surface area contributed by atoms with Crippen LogP contribution in [-0.2, 0) is 19.1 Å². The number of esters is 2. The summed E-state index contributed by atoms with van der Waals surface area (Å²) in [5.41, 5.74) is 2.70. The van der Waals surface area contributed by atoms with Gasteiger partial charge < -0.3 is 18.9 Å². The van der Waals surface area contributed by atoms with Crippen LogP contribution in [0.15, 0.2) is 110 Å². The summed E-state index contributed by atoms with van der Waals surface area (Å²) in [5.74, 6) is -3.32. The molecular weight excluding hydrogens is 494 g/mol. The Labute approximate surface area is 218 Å². The molecule has 3 aromatic rings. The Hall–Kier alpha value is -4.98. The molecule has 0 aliphatic rings. The minimum absolute atomic E-state index is 0.0574. The lowest BCUT2D eigenvalue weighted by molar-refractivity contribution is -0.134. The molecule has 0 bridgehead atoms. The molecule has 0 unspecified atom stereocenters. The molecule has 194 valence electrons. The van der Waals surface area contributed by atoms with E-state index in [9.17, 15) is 18.4 Å². The maximum absolute atomic E-state index is 14.7. The maximum Gasteiger partial charge on any atom is 0.338 e. The normalized spacial score (nSPS) is 10.8. The molecule has 0 amide bonds. The summed E-state index contributed by atoms with van der Waals surface area (Å²) in [6, 6.07) is 16.7. The molecule has 0 spiro atoms. The fourth-order valence-electron chi connectivity index (χ4n) is 3.00. The molecule has 0 aliphatic carbocycles. The lowest BCUT2D eigenvalue weighted by Crippen LogP contribution is -2.00. The van der Waals surface area contributed by atoms with Crippen molar-refractivity contribution >= 4 is 11.9 Å². The molecule has 0 N–H and O–H groups in total. The van der Waals surface area contributed by atoms with E-state index in [2.05, 4.69) is 13.2 Å². The Morgan fingerprint density at radius 3 is 1.63 bits per heavy atom. The van der Waals surface area contributed by atoms with E-state index in [4.69, 9.17) is 18.9 Å². The first-order valence-electron chi connectivity index (χ1n) is 11.2. The highest BCUT2D eigenvalue weighted by Crippen LogP contribution is 2.32. The molecule has 0 aliphatic heterocycles. The molecule has 6 nitrogen and oxygen atoms in total. The van der Waals surface area contributed by atoms with Gasteiger partial charge in [0.05, 0.1) is 0 Å². The van der Waals surface area contributed by atoms with Crippen LogP contribution in [0, 0.1) is 11.6 Å². The second-order valence-electron chi connectivity index (χ2n) is 7.99. The first kappa shape index (κ1) is 27.6. The van der Waals surface area contributed by atoms with Gasteiger partial charge in [-0.05, 0) is 54.8 Å². The van der Waals surface area contributed by atoms with Gasteiger partial charge in [-0.1, -0.05) is 49.6 Å². The molecule has 0 heterocycles. The molecular formula is C30H24F2O6. The van der Waals surface area contributed by atoms with Crippen molar-refractivity contribution in [1.29, 1.82) is 0 Å². The van der Waals surface area contributed by atoms with Gasteiger partial charge in [-0.3, -0.25) is 0 Å². The number of benzene rings is 3. The third kappa shape index (κ3) is 7.27. The average Bonchev–Trinajstić information content (AvgIpc) is 2.91. The van der Waals surface area contributed by atoms with Crippen LogP contribution in [0.4, 0.5) is 8.78 Å². The SMILES string of the molecule is C=C(C)C(=O)O/C=C\Oc1ccc(-c2ccc(-c3ccc(O/C=C\OC(=O)C(=C)C)c(F)c3F)cc2)cc1. The van der Waals surface area contributed by atoms with Crippen LogP contribution >= 0.6 is 0 Å². The number of ether oxygens (including phenoxy) is 4. The molecule has 3 rings (SSSR count). The highest BCUT2D eigenvalue weighted by Gasteiger charge is 2.16.